The van der Waals surface area contributed by atoms with Crippen molar-refractivity contribution in [2.75, 3.05) is 5.32 Å². The number of aromatic nitrogens is 1. The number of rotatable bonds is 3. The van der Waals surface area contributed by atoms with Crippen LogP contribution in [0.3, 0.4) is 0 Å². The van der Waals surface area contributed by atoms with E-state index >= 15 is 0 Å². The van der Waals surface area contributed by atoms with Crippen LogP contribution in [0.25, 0.3) is 0 Å². The van der Waals surface area contributed by atoms with Gasteiger partial charge >= 0.3 is 0 Å². The first kappa shape index (κ1) is 15.1. The molecule has 0 aliphatic heterocycles. The fourth-order valence-corrected chi connectivity index (χ4v) is 2.31. The van der Waals surface area contributed by atoms with Gasteiger partial charge in [-0.3, -0.25) is 4.79 Å². The summed E-state index contributed by atoms with van der Waals surface area (Å²) in [5, 5.41) is 2.76. The number of thiocarbonyl (C=S) groups is 1. The number of carbonyl (C=O) groups is 1. The van der Waals surface area contributed by atoms with Crippen molar-refractivity contribution in [2.45, 2.75) is 0 Å². The molecule has 4 nitrogen and oxygen atoms in total. The van der Waals surface area contributed by atoms with Crippen LogP contribution < -0.4 is 11.1 Å². The van der Waals surface area contributed by atoms with Gasteiger partial charge in [0, 0.05) is 20.7 Å². The average molecular weight is 415 g/mol. The largest absolute Gasteiger partial charge is 0.389 e. The summed E-state index contributed by atoms with van der Waals surface area (Å²) >= 11 is 11.5. The van der Waals surface area contributed by atoms with Crippen molar-refractivity contribution < 1.29 is 4.79 Å². The molecule has 0 atom stereocenters. The molecule has 0 unspecified atom stereocenters. The third kappa shape index (κ3) is 3.62. The summed E-state index contributed by atoms with van der Waals surface area (Å²) in [6.07, 6.45) is 1.57. The molecule has 2 rings (SSSR count). The molecule has 3 N–H and O–H groups in total. The van der Waals surface area contributed by atoms with Crippen molar-refractivity contribution in [1.82, 2.24) is 4.98 Å². The van der Waals surface area contributed by atoms with E-state index in [1.54, 1.807) is 36.5 Å². The molecule has 20 heavy (non-hydrogen) atoms. The Morgan fingerprint density at radius 2 is 2.00 bits per heavy atom. The summed E-state index contributed by atoms with van der Waals surface area (Å²) in [4.78, 5) is 16.4. The minimum absolute atomic E-state index is 0.290. The number of nitrogens with one attached hydrogen (secondary N) is 1. The van der Waals surface area contributed by atoms with E-state index in [-0.39, 0.29) is 5.91 Å². The van der Waals surface area contributed by atoms with Gasteiger partial charge in [-0.1, -0.05) is 12.2 Å². The zero-order valence-electron chi connectivity index (χ0n) is 10.1. The predicted octanol–water partition coefficient (Wildman–Crippen LogP) is 3.49. The van der Waals surface area contributed by atoms with E-state index in [2.05, 4.69) is 42.2 Å². The predicted molar refractivity (Wildman–Crippen MR) is 89.9 cm³/mol. The van der Waals surface area contributed by atoms with E-state index in [1.807, 2.05) is 0 Å². The molecule has 0 saturated heterocycles. The van der Waals surface area contributed by atoms with E-state index in [0.717, 1.165) is 10.0 Å². The lowest BCUT2D eigenvalue weighted by Gasteiger charge is -2.08. The number of benzene rings is 1. The highest BCUT2D eigenvalue weighted by atomic mass is 79.9. The zero-order valence-corrected chi connectivity index (χ0v) is 14.0. The smallest absolute Gasteiger partial charge is 0.274 e. The Kier molecular flexibility index (Phi) is 4.85. The van der Waals surface area contributed by atoms with Crippen molar-refractivity contribution in [3.8, 4) is 0 Å². The van der Waals surface area contributed by atoms with Crippen LogP contribution >= 0.6 is 44.1 Å². The Hall–Kier alpha value is -1.31. The number of anilines is 1. The third-order valence-electron chi connectivity index (χ3n) is 2.46. The van der Waals surface area contributed by atoms with Gasteiger partial charge < -0.3 is 11.1 Å². The van der Waals surface area contributed by atoms with Crippen LogP contribution in [0.15, 0.2) is 45.5 Å². The molecule has 0 spiro atoms. The van der Waals surface area contributed by atoms with Gasteiger partial charge in [-0.15, -0.1) is 0 Å². The van der Waals surface area contributed by atoms with Crippen LogP contribution in [0.5, 0.6) is 0 Å². The fourth-order valence-electron chi connectivity index (χ4n) is 1.47. The molecular weight excluding hydrogens is 406 g/mol. The molecule has 0 aliphatic rings. The number of hydrogen-bond acceptors (Lipinski definition) is 3. The SMILES string of the molecule is NC(=S)c1ccc(NC(=O)c2ccc(Br)cn2)c(Br)c1. The van der Waals surface area contributed by atoms with Gasteiger partial charge in [0.05, 0.1) is 5.69 Å². The zero-order chi connectivity index (χ0) is 14.7. The second kappa shape index (κ2) is 6.43. The molecule has 1 heterocycles. The molecule has 7 heteroatoms. The van der Waals surface area contributed by atoms with Crippen LogP contribution in [-0.4, -0.2) is 15.9 Å². The summed E-state index contributed by atoms with van der Waals surface area (Å²) in [7, 11) is 0. The molecular formula is C13H9Br2N3OS. The first-order valence-corrected chi connectivity index (χ1v) is 7.49. The average Bonchev–Trinajstić information content (AvgIpc) is 2.41. The molecule has 0 radical (unpaired) electrons. The summed E-state index contributed by atoms with van der Waals surface area (Å²) in [6, 6.07) is 8.63. The van der Waals surface area contributed by atoms with Crippen LogP contribution in [0.4, 0.5) is 5.69 Å². The van der Waals surface area contributed by atoms with Gasteiger partial charge in [0.15, 0.2) is 0 Å². The Bertz CT molecular complexity index is 674. The number of nitrogens with two attached hydrogens (primary N) is 1. The van der Waals surface area contributed by atoms with Crippen LogP contribution in [0, 0.1) is 0 Å². The Morgan fingerprint density at radius 1 is 1.25 bits per heavy atom. The van der Waals surface area contributed by atoms with E-state index in [0.29, 0.717) is 20.8 Å². The van der Waals surface area contributed by atoms with Gasteiger partial charge in [-0.2, -0.15) is 0 Å². The first-order chi connectivity index (χ1) is 9.47. The Labute approximate surface area is 138 Å². The summed E-state index contributed by atoms with van der Waals surface area (Å²) < 4.78 is 1.52. The molecule has 0 fully saturated rings. The lowest BCUT2D eigenvalue weighted by Crippen LogP contribution is -2.14. The second-order valence-corrected chi connectivity index (χ2v) is 6.08. The van der Waals surface area contributed by atoms with Crippen molar-refractivity contribution in [2.24, 2.45) is 5.73 Å². The van der Waals surface area contributed by atoms with Gasteiger partial charge in [0.1, 0.15) is 10.7 Å². The molecule has 1 amide bonds. The maximum Gasteiger partial charge on any atom is 0.274 e. The molecule has 102 valence electrons. The maximum atomic E-state index is 12.0. The first-order valence-electron chi connectivity index (χ1n) is 5.49. The van der Waals surface area contributed by atoms with Crippen molar-refractivity contribution in [3.05, 3.63) is 56.7 Å². The summed E-state index contributed by atoms with van der Waals surface area (Å²) in [5.74, 6) is -0.290. The van der Waals surface area contributed by atoms with E-state index in [4.69, 9.17) is 18.0 Å². The minimum atomic E-state index is -0.290. The number of pyridine rings is 1. The molecule has 0 bridgehead atoms. The van der Waals surface area contributed by atoms with Gasteiger partial charge in [-0.05, 0) is 62.2 Å². The highest BCUT2D eigenvalue weighted by Gasteiger charge is 2.10. The van der Waals surface area contributed by atoms with Crippen molar-refractivity contribution in [1.29, 1.82) is 0 Å². The van der Waals surface area contributed by atoms with E-state index in [9.17, 15) is 4.79 Å². The summed E-state index contributed by atoms with van der Waals surface area (Å²) in [5.41, 5.74) is 7.23. The van der Waals surface area contributed by atoms with Gasteiger partial charge in [-0.25, -0.2) is 4.98 Å². The van der Waals surface area contributed by atoms with E-state index in [1.165, 1.54) is 0 Å². The Morgan fingerprint density at radius 3 is 2.55 bits per heavy atom. The van der Waals surface area contributed by atoms with Crippen molar-refractivity contribution >= 4 is 60.7 Å². The lowest BCUT2D eigenvalue weighted by atomic mass is 10.2. The third-order valence-corrected chi connectivity index (χ3v) is 3.82. The molecule has 2 aromatic rings. The van der Waals surface area contributed by atoms with Crippen LogP contribution in [0.1, 0.15) is 16.1 Å². The standard InChI is InChI=1S/C13H9Br2N3OS/c14-8-2-4-11(17-6-8)13(19)18-10-3-1-7(12(16)20)5-9(10)15/h1-6H,(H2,16,20)(H,18,19). The van der Waals surface area contributed by atoms with E-state index < -0.39 is 0 Å². The quantitative estimate of drug-likeness (QED) is 0.754. The van der Waals surface area contributed by atoms with Crippen molar-refractivity contribution in [3.63, 3.8) is 0 Å². The maximum absolute atomic E-state index is 12.0. The van der Waals surface area contributed by atoms with Crippen LogP contribution in [-0.2, 0) is 0 Å². The normalized spacial score (nSPS) is 10.1. The molecule has 0 aliphatic carbocycles. The fraction of sp³-hybridized carbons (Fsp3) is 0. The molecule has 1 aromatic carbocycles. The number of hydrogen-bond donors (Lipinski definition) is 2. The molecule has 1 aromatic heterocycles. The lowest BCUT2D eigenvalue weighted by molar-refractivity contribution is 0.102. The highest BCUT2D eigenvalue weighted by Crippen LogP contribution is 2.24. The number of carbonyl (C=O) groups excluding carboxylic acids is 1. The second-order valence-electron chi connectivity index (χ2n) is 3.87. The monoisotopic (exact) mass is 413 g/mol. The van der Waals surface area contributed by atoms with Gasteiger partial charge in [0.25, 0.3) is 5.91 Å². The van der Waals surface area contributed by atoms with Gasteiger partial charge in [0.2, 0.25) is 0 Å². The van der Waals surface area contributed by atoms with Crippen LogP contribution in [0.2, 0.25) is 0 Å². The summed E-state index contributed by atoms with van der Waals surface area (Å²) in [6.45, 7) is 0. The minimum Gasteiger partial charge on any atom is -0.389 e. The Balaban J connectivity index is 2.19. The highest BCUT2D eigenvalue weighted by molar-refractivity contribution is 9.10. The topological polar surface area (TPSA) is 68.0 Å². The molecule has 0 saturated carbocycles. The number of amides is 1. The number of nitrogens with zero attached hydrogens (tertiary/aromatic N) is 1. The number of halogens is 2.